The summed E-state index contributed by atoms with van der Waals surface area (Å²) >= 11 is 5.94. The van der Waals surface area contributed by atoms with Crippen molar-refractivity contribution < 1.29 is 19.4 Å². The van der Waals surface area contributed by atoms with Crippen LogP contribution >= 0.6 is 11.6 Å². The smallest absolute Gasteiger partial charge is 0.305 e. The van der Waals surface area contributed by atoms with Crippen molar-refractivity contribution in [2.45, 2.75) is 6.42 Å². The van der Waals surface area contributed by atoms with Crippen molar-refractivity contribution in [1.82, 2.24) is 0 Å². The zero-order valence-electron chi connectivity index (χ0n) is 9.62. The van der Waals surface area contributed by atoms with E-state index in [1.54, 1.807) is 12.1 Å². The number of ether oxygens (including phenoxy) is 2. The van der Waals surface area contributed by atoms with Crippen molar-refractivity contribution in [3.63, 3.8) is 0 Å². The monoisotopic (exact) mass is 259 g/mol. The van der Waals surface area contributed by atoms with Gasteiger partial charge in [0.1, 0.15) is 11.5 Å². The Labute approximate surface area is 104 Å². The first-order valence-corrected chi connectivity index (χ1v) is 5.33. The molecular formula is C11H14ClNO4. The Hall–Kier alpha value is -1.62. The van der Waals surface area contributed by atoms with Gasteiger partial charge in [-0.2, -0.15) is 0 Å². The number of anilines is 1. The van der Waals surface area contributed by atoms with Gasteiger partial charge in [0.25, 0.3) is 0 Å². The van der Waals surface area contributed by atoms with E-state index in [4.69, 9.17) is 26.2 Å². The van der Waals surface area contributed by atoms with Crippen LogP contribution in [0.5, 0.6) is 11.5 Å². The second-order valence-electron chi connectivity index (χ2n) is 3.26. The number of nitrogens with one attached hydrogen (secondary N) is 1. The molecule has 6 heteroatoms. The average molecular weight is 260 g/mol. The van der Waals surface area contributed by atoms with Gasteiger partial charge in [-0.15, -0.1) is 0 Å². The third-order valence-electron chi connectivity index (χ3n) is 2.13. The molecule has 0 aliphatic carbocycles. The second-order valence-corrected chi connectivity index (χ2v) is 3.66. The summed E-state index contributed by atoms with van der Waals surface area (Å²) in [6.07, 6.45) is 0.0219. The number of carbonyl (C=O) groups is 1. The first-order chi connectivity index (χ1) is 8.08. The predicted molar refractivity (Wildman–Crippen MR) is 65.3 cm³/mol. The van der Waals surface area contributed by atoms with E-state index in [9.17, 15) is 4.79 Å². The van der Waals surface area contributed by atoms with Crippen LogP contribution in [-0.2, 0) is 4.79 Å². The molecule has 1 aromatic carbocycles. The largest absolute Gasteiger partial charge is 0.495 e. The fraction of sp³-hybridized carbons (Fsp3) is 0.364. The Balaban J connectivity index is 2.84. The number of hydrogen-bond donors (Lipinski definition) is 2. The third-order valence-corrected chi connectivity index (χ3v) is 2.42. The van der Waals surface area contributed by atoms with E-state index in [1.165, 1.54) is 14.2 Å². The van der Waals surface area contributed by atoms with E-state index in [1.807, 2.05) is 0 Å². The molecule has 1 aromatic rings. The van der Waals surface area contributed by atoms with Gasteiger partial charge in [0.15, 0.2) is 0 Å². The molecule has 0 aliphatic heterocycles. The van der Waals surface area contributed by atoms with Crippen LogP contribution in [0.2, 0.25) is 5.02 Å². The molecule has 0 saturated carbocycles. The number of aliphatic carboxylic acids is 1. The van der Waals surface area contributed by atoms with Crippen molar-refractivity contribution in [1.29, 1.82) is 0 Å². The first kappa shape index (κ1) is 13.4. The average Bonchev–Trinajstić information content (AvgIpc) is 2.30. The van der Waals surface area contributed by atoms with Gasteiger partial charge in [-0.25, -0.2) is 0 Å². The van der Waals surface area contributed by atoms with Crippen molar-refractivity contribution >= 4 is 23.3 Å². The van der Waals surface area contributed by atoms with Gasteiger partial charge in [0, 0.05) is 18.7 Å². The summed E-state index contributed by atoms with van der Waals surface area (Å²) in [5, 5.41) is 11.9. The summed E-state index contributed by atoms with van der Waals surface area (Å²) in [5.41, 5.74) is 0.648. The fourth-order valence-electron chi connectivity index (χ4n) is 1.30. The SMILES string of the molecule is COc1cc(NCCC(=O)O)c(OC)cc1Cl. The molecule has 17 heavy (non-hydrogen) atoms. The summed E-state index contributed by atoms with van der Waals surface area (Å²) < 4.78 is 10.2. The van der Waals surface area contributed by atoms with E-state index in [2.05, 4.69) is 5.32 Å². The van der Waals surface area contributed by atoms with Gasteiger partial charge in [-0.05, 0) is 0 Å². The fourth-order valence-corrected chi connectivity index (χ4v) is 1.53. The lowest BCUT2D eigenvalue weighted by Gasteiger charge is -2.13. The highest BCUT2D eigenvalue weighted by atomic mass is 35.5. The lowest BCUT2D eigenvalue weighted by atomic mass is 10.2. The number of methoxy groups -OCH3 is 2. The van der Waals surface area contributed by atoms with Crippen molar-refractivity contribution in [2.75, 3.05) is 26.1 Å². The molecule has 1 rings (SSSR count). The molecule has 0 fully saturated rings. The van der Waals surface area contributed by atoms with Gasteiger partial charge in [-0.3, -0.25) is 4.79 Å². The van der Waals surface area contributed by atoms with Crippen LogP contribution in [0, 0.1) is 0 Å². The molecule has 0 bridgehead atoms. The second kappa shape index (κ2) is 6.20. The molecule has 94 valence electrons. The lowest BCUT2D eigenvalue weighted by Crippen LogP contribution is -2.08. The maximum atomic E-state index is 10.4. The molecule has 0 heterocycles. The molecule has 0 aromatic heterocycles. The number of carboxylic acids is 1. The van der Waals surface area contributed by atoms with Crippen molar-refractivity contribution in [2.24, 2.45) is 0 Å². The molecule has 0 spiro atoms. The highest BCUT2D eigenvalue weighted by Gasteiger charge is 2.09. The Kier molecular flexibility index (Phi) is 4.90. The van der Waals surface area contributed by atoms with Crippen LogP contribution < -0.4 is 14.8 Å². The van der Waals surface area contributed by atoms with E-state index < -0.39 is 5.97 Å². The Morgan fingerprint density at radius 2 is 2.00 bits per heavy atom. The van der Waals surface area contributed by atoms with E-state index in [-0.39, 0.29) is 6.42 Å². The predicted octanol–water partition coefficient (Wildman–Crippen LogP) is 2.24. The standard InChI is InChI=1S/C11H14ClNO4/c1-16-9-6-8(13-4-3-11(14)15)10(17-2)5-7(9)12/h5-6,13H,3-4H2,1-2H3,(H,14,15). The topological polar surface area (TPSA) is 67.8 Å². The minimum absolute atomic E-state index is 0.0219. The highest BCUT2D eigenvalue weighted by Crippen LogP contribution is 2.35. The molecule has 2 N–H and O–H groups in total. The van der Waals surface area contributed by atoms with Gasteiger partial charge < -0.3 is 19.9 Å². The zero-order valence-corrected chi connectivity index (χ0v) is 10.4. The number of carboxylic acid groups (broad SMARTS) is 1. The maximum absolute atomic E-state index is 10.4. The molecule has 0 radical (unpaired) electrons. The summed E-state index contributed by atoms with van der Waals surface area (Å²) in [5.74, 6) is 0.184. The Morgan fingerprint density at radius 3 is 2.53 bits per heavy atom. The molecule has 0 amide bonds. The molecule has 0 atom stereocenters. The number of benzene rings is 1. The summed E-state index contributed by atoms with van der Waals surface area (Å²) in [4.78, 5) is 10.4. The number of halogens is 1. The lowest BCUT2D eigenvalue weighted by molar-refractivity contribution is -0.136. The molecule has 5 nitrogen and oxygen atoms in total. The minimum atomic E-state index is -0.864. The summed E-state index contributed by atoms with van der Waals surface area (Å²) in [6, 6.07) is 3.28. The molecular weight excluding hydrogens is 246 g/mol. The van der Waals surface area contributed by atoms with E-state index >= 15 is 0 Å². The Morgan fingerprint density at radius 1 is 1.35 bits per heavy atom. The molecule has 0 saturated heterocycles. The van der Waals surface area contributed by atoms with Crippen molar-refractivity contribution in [3.8, 4) is 11.5 Å². The van der Waals surface area contributed by atoms with Crippen molar-refractivity contribution in [3.05, 3.63) is 17.2 Å². The van der Waals surface area contributed by atoms with Crippen LogP contribution in [0.25, 0.3) is 0 Å². The van der Waals surface area contributed by atoms with Crippen LogP contribution in [0.15, 0.2) is 12.1 Å². The first-order valence-electron chi connectivity index (χ1n) is 4.95. The minimum Gasteiger partial charge on any atom is -0.495 e. The normalized spacial score (nSPS) is 9.82. The van der Waals surface area contributed by atoms with Gasteiger partial charge in [0.05, 0.1) is 31.4 Å². The highest BCUT2D eigenvalue weighted by molar-refractivity contribution is 6.32. The Bertz CT molecular complexity index is 409. The van der Waals surface area contributed by atoms with E-state index in [0.717, 1.165) is 0 Å². The van der Waals surface area contributed by atoms with Gasteiger partial charge in [-0.1, -0.05) is 11.6 Å². The summed E-state index contributed by atoms with van der Waals surface area (Å²) in [7, 11) is 3.02. The quantitative estimate of drug-likeness (QED) is 0.820. The number of hydrogen-bond acceptors (Lipinski definition) is 4. The summed E-state index contributed by atoms with van der Waals surface area (Å²) in [6.45, 7) is 0.302. The zero-order chi connectivity index (χ0) is 12.8. The van der Waals surface area contributed by atoms with Gasteiger partial charge in [0.2, 0.25) is 0 Å². The van der Waals surface area contributed by atoms with Crippen LogP contribution in [-0.4, -0.2) is 31.8 Å². The van der Waals surface area contributed by atoms with Crippen LogP contribution in [0.4, 0.5) is 5.69 Å². The van der Waals surface area contributed by atoms with Gasteiger partial charge >= 0.3 is 5.97 Å². The van der Waals surface area contributed by atoms with Crippen LogP contribution in [0.1, 0.15) is 6.42 Å². The number of rotatable bonds is 6. The maximum Gasteiger partial charge on any atom is 0.305 e. The van der Waals surface area contributed by atoms with E-state index in [0.29, 0.717) is 28.8 Å². The molecule has 0 unspecified atom stereocenters. The molecule has 0 aliphatic rings. The van der Waals surface area contributed by atoms with Crippen LogP contribution in [0.3, 0.4) is 0 Å². The third kappa shape index (κ3) is 3.71.